The average molecular weight is 444 g/mol. The smallest absolute Gasteiger partial charge is 0.410 e. The van der Waals surface area contributed by atoms with Crippen molar-refractivity contribution in [2.45, 2.75) is 65.3 Å². The molecule has 9 heteroatoms. The number of aromatic nitrogens is 1. The van der Waals surface area contributed by atoms with Crippen LogP contribution in [0.5, 0.6) is 0 Å². The summed E-state index contributed by atoms with van der Waals surface area (Å²) in [6.07, 6.45) is -0.689. The van der Waals surface area contributed by atoms with Gasteiger partial charge in [0, 0.05) is 32.7 Å². The van der Waals surface area contributed by atoms with E-state index in [2.05, 4.69) is 16.0 Å². The molecule has 3 rings (SSSR count). The van der Waals surface area contributed by atoms with E-state index >= 15 is 0 Å². The third-order valence-electron chi connectivity index (χ3n) is 5.26. The van der Waals surface area contributed by atoms with Crippen molar-refractivity contribution in [2.24, 2.45) is 0 Å². The summed E-state index contributed by atoms with van der Waals surface area (Å²) in [6, 6.07) is 5.46. The Morgan fingerprint density at radius 3 is 2.06 bits per heavy atom. The fourth-order valence-corrected chi connectivity index (χ4v) is 3.85. The lowest BCUT2D eigenvalue weighted by Gasteiger charge is -2.43. The van der Waals surface area contributed by atoms with Gasteiger partial charge >= 0.3 is 12.2 Å². The van der Waals surface area contributed by atoms with Gasteiger partial charge in [0.2, 0.25) is 0 Å². The summed E-state index contributed by atoms with van der Waals surface area (Å²) in [7, 11) is 0. The molecule has 1 unspecified atom stereocenters. The lowest BCUT2D eigenvalue weighted by atomic mass is 9.98. The Labute approximate surface area is 189 Å². The molecular weight excluding hydrogens is 410 g/mol. The Morgan fingerprint density at radius 2 is 1.53 bits per heavy atom. The standard InChI is InChI=1S/C23H33N5O4/c1-22(2,3)31-20(29)27-11-9-26(10-12-27)18-15-28(21(30)32-23(4,5)6)14-16-7-8-17(13-24)25-19(16)18/h7-8,18H,9-12,14-15H2,1-6H3. The molecule has 1 atom stereocenters. The summed E-state index contributed by atoms with van der Waals surface area (Å²) in [5.74, 6) is 0. The van der Waals surface area contributed by atoms with E-state index in [0.29, 0.717) is 45.0 Å². The fourth-order valence-electron chi connectivity index (χ4n) is 3.85. The number of hydrogen-bond acceptors (Lipinski definition) is 7. The van der Waals surface area contributed by atoms with Crippen molar-refractivity contribution >= 4 is 12.2 Å². The highest BCUT2D eigenvalue weighted by Gasteiger charge is 2.37. The Hall–Kier alpha value is -2.86. The maximum atomic E-state index is 12.8. The summed E-state index contributed by atoms with van der Waals surface area (Å²) in [5, 5.41) is 9.32. The first-order valence-electron chi connectivity index (χ1n) is 11.0. The number of pyridine rings is 1. The van der Waals surface area contributed by atoms with Gasteiger partial charge in [0.1, 0.15) is 23.0 Å². The molecule has 0 aliphatic carbocycles. The van der Waals surface area contributed by atoms with E-state index in [1.165, 1.54) is 0 Å². The van der Waals surface area contributed by atoms with E-state index in [1.807, 2.05) is 47.6 Å². The van der Waals surface area contributed by atoms with Gasteiger partial charge in [0.05, 0.1) is 18.3 Å². The average Bonchev–Trinajstić information content (AvgIpc) is 2.70. The molecule has 2 aliphatic heterocycles. The molecule has 9 nitrogen and oxygen atoms in total. The highest BCUT2D eigenvalue weighted by atomic mass is 16.6. The van der Waals surface area contributed by atoms with Crippen LogP contribution in [0.25, 0.3) is 0 Å². The van der Waals surface area contributed by atoms with E-state index < -0.39 is 11.2 Å². The summed E-state index contributed by atoms with van der Waals surface area (Å²) in [5.41, 5.74) is 0.943. The van der Waals surface area contributed by atoms with E-state index in [1.54, 1.807) is 15.9 Å². The monoisotopic (exact) mass is 443 g/mol. The Morgan fingerprint density at radius 1 is 0.969 bits per heavy atom. The predicted molar refractivity (Wildman–Crippen MR) is 118 cm³/mol. The molecule has 0 aromatic carbocycles. The molecule has 3 heterocycles. The van der Waals surface area contributed by atoms with Crippen LogP contribution in [-0.2, 0) is 16.0 Å². The molecule has 1 fully saturated rings. The lowest BCUT2D eigenvalue weighted by molar-refractivity contribution is -0.000920. The molecule has 0 bridgehead atoms. The second kappa shape index (κ2) is 8.94. The first kappa shape index (κ1) is 23.8. The van der Waals surface area contributed by atoms with Gasteiger partial charge in [-0.15, -0.1) is 0 Å². The van der Waals surface area contributed by atoms with Crippen LogP contribution in [-0.4, -0.2) is 75.8 Å². The van der Waals surface area contributed by atoms with E-state index in [0.717, 1.165) is 11.3 Å². The van der Waals surface area contributed by atoms with Crippen molar-refractivity contribution in [2.75, 3.05) is 32.7 Å². The first-order valence-corrected chi connectivity index (χ1v) is 11.0. The zero-order valence-electron chi connectivity index (χ0n) is 19.8. The van der Waals surface area contributed by atoms with Gasteiger partial charge in [-0.1, -0.05) is 6.07 Å². The quantitative estimate of drug-likeness (QED) is 0.657. The Balaban J connectivity index is 1.78. The van der Waals surface area contributed by atoms with Gasteiger partial charge < -0.3 is 19.3 Å². The molecule has 32 heavy (non-hydrogen) atoms. The number of carbonyl (C=O) groups excluding carboxylic acids is 2. The number of nitriles is 1. The zero-order valence-corrected chi connectivity index (χ0v) is 19.8. The van der Waals surface area contributed by atoms with Crippen LogP contribution in [0.15, 0.2) is 12.1 Å². The molecule has 0 radical (unpaired) electrons. The van der Waals surface area contributed by atoms with E-state index in [-0.39, 0.29) is 18.2 Å². The second-order valence-corrected chi connectivity index (χ2v) is 10.2. The van der Waals surface area contributed by atoms with Crippen molar-refractivity contribution in [3.8, 4) is 6.07 Å². The van der Waals surface area contributed by atoms with Crippen molar-refractivity contribution in [3.05, 3.63) is 29.1 Å². The first-order chi connectivity index (χ1) is 14.9. The van der Waals surface area contributed by atoms with Crippen LogP contribution >= 0.6 is 0 Å². The number of piperazine rings is 1. The third-order valence-corrected chi connectivity index (χ3v) is 5.26. The number of carbonyl (C=O) groups is 2. The summed E-state index contributed by atoms with van der Waals surface area (Å²) in [6.45, 7) is 14.2. The van der Waals surface area contributed by atoms with Gasteiger partial charge in [-0.25, -0.2) is 14.6 Å². The van der Waals surface area contributed by atoms with Gasteiger partial charge in [-0.05, 0) is 53.2 Å². The summed E-state index contributed by atoms with van der Waals surface area (Å²) < 4.78 is 11.1. The SMILES string of the molecule is CC(C)(C)OC(=O)N1CCN(C2CN(C(=O)OC(C)(C)C)Cc3ccc(C#N)nc32)CC1. The van der Waals surface area contributed by atoms with Crippen molar-refractivity contribution in [1.82, 2.24) is 19.7 Å². The van der Waals surface area contributed by atoms with Crippen LogP contribution in [0.4, 0.5) is 9.59 Å². The molecule has 0 N–H and O–H groups in total. The van der Waals surface area contributed by atoms with Crippen molar-refractivity contribution in [3.63, 3.8) is 0 Å². The zero-order chi connectivity index (χ0) is 23.7. The minimum Gasteiger partial charge on any atom is -0.444 e. The second-order valence-electron chi connectivity index (χ2n) is 10.2. The molecular formula is C23H33N5O4. The largest absolute Gasteiger partial charge is 0.444 e. The molecule has 1 aromatic rings. The number of nitrogens with zero attached hydrogens (tertiary/aromatic N) is 5. The van der Waals surface area contributed by atoms with Gasteiger partial charge in [-0.3, -0.25) is 4.90 Å². The topological polar surface area (TPSA) is 99.0 Å². The molecule has 174 valence electrons. The van der Waals surface area contributed by atoms with Crippen molar-refractivity contribution < 1.29 is 19.1 Å². The summed E-state index contributed by atoms with van der Waals surface area (Å²) >= 11 is 0. The highest BCUT2D eigenvalue weighted by Crippen LogP contribution is 2.32. The Bertz CT molecular complexity index is 904. The van der Waals surface area contributed by atoms with Crippen LogP contribution < -0.4 is 0 Å². The lowest BCUT2D eigenvalue weighted by Crippen LogP contribution is -2.54. The minimum atomic E-state index is -0.588. The normalized spacial score (nSPS) is 19.7. The van der Waals surface area contributed by atoms with Crippen LogP contribution in [0, 0.1) is 11.3 Å². The van der Waals surface area contributed by atoms with Crippen LogP contribution in [0.3, 0.4) is 0 Å². The van der Waals surface area contributed by atoms with Crippen molar-refractivity contribution in [1.29, 1.82) is 5.26 Å². The minimum absolute atomic E-state index is 0.180. The number of hydrogen-bond donors (Lipinski definition) is 0. The van der Waals surface area contributed by atoms with Crippen LogP contribution in [0.2, 0.25) is 0 Å². The van der Waals surface area contributed by atoms with Gasteiger partial charge in [0.15, 0.2) is 0 Å². The number of ether oxygens (including phenoxy) is 2. The highest BCUT2D eigenvalue weighted by molar-refractivity contribution is 5.69. The van der Waals surface area contributed by atoms with Gasteiger partial charge in [-0.2, -0.15) is 5.26 Å². The molecule has 1 saturated heterocycles. The number of amides is 2. The summed E-state index contributed by atoms with van der Waals surface area (Å²) in [4.78, 5) is 35.4. The molecule has 0 spiro atoms. The number of fused-ring (bicyclic) bond motifs is 1. The Kier molecular flexibility index (Phi) is 6.65. The van der Waals surface area contributed by atoms with Crippen LogP contribution in [0.1, 0.15) is 64.5 Å². The van der Waals surface area contributed by atoms with E-state index in [4.69, 9.17) is 9.47 Å². The van der Waals surface area contributed by atoms with Gasteiger partial charge in [0.25, 0.3) is 0 Å². The molecule has 2 amide bonds. The molecule has 2 aliphatic rings. The predicted octanol–water partition coefficient (Wildman–Crippen LogP) is 3.30. The molecule has 1 aromatic heterocycles. The number of rotatable bonds is 1. The maximum absolute atomic E-state index is 12.8. The fraction of sp³-hybridized carbons (Fsp3) is 0.652. The molecule has 0 saturated carbocycles. The van der Waals surface area contributed by atoms with E-state index in [9.17, 15) is 14.9 Å². The maximum Gasteiger partial charge on any atom is 0.410 e. The third kappa shape index (κ3) is 5.88.